The lowest BCUT2D eigenvalue weighted by Crippen LogP contribution is -2.58. The number of carboxylic acid groups (broad SMARTS) is 1. The van der Waals surface area contributed by atoms with Crippen molar-refractivity contribution >= 4 is 29.6 Å². The highest BCUT2D eigenvalue weighted by Gasteiger charge is 2.32. The van der Waals surface area contributed by atoms with Gasteiger partial charge in [0.1, 0.15) is 18.2 Å². The van der Waals surface area contributed by atoms with Crippen LogP contribution in [0.1, 0.15) is 51.2 Å². The predicted octanol–water partition coefficient (Wildman–Crippen LogP) is 1.05. The van der Waals surface area contributed by atoms with Crippen LogP contribution in [-0.4, -0.2) is 70.1 Å². The van der Waals surface area contributed by atoms with Gasteiger partial charge >= 0.3 is 5.97 Å². The summed E-state index contributed by atoms with van der Waals surface area (Å²) in [4.78, 5) is 62.4. The minimum absolute atomic E-state index is 0.114. The number of nitrogens with two attached hydrogens (primary N) is 1. The van der Waals surface area contributed by atoms with Gasteiger partial charge in [-0.25, -0.2) is 0 Å². The number of hydrogen-bond donors (Lipinski definition) is 6. The zero-order valence-corrected chi connectivity index (χ0v) is 24.7. The molecule has 0 heterocycles. The largest absolute Gasteiger partial charge is 0.481 e. The Morgan fingerprint density at radius 1 is 0.814 bits per heavy atom. The van der Waals surface area contributed by atoms with Crippen molar-refractivity contribution in [3.05, 3.63) is 71.8 Å². The minimum atomic E-state index is -1.44. The fraction of sp³-hybridized carbons (Fsp3) is 0.452. The molecule has 7 N–H and O–H groups in total. The van der Waals surface area contributed by atoms with Crippen LogP contribution in [0, 0.1) is 5.92 Å². The molecule has 0 aromatic heterocycles. The molecule has 5 atom stereocenters. The monoisotopic (exact) mass is 598 g/mol. The fourth-order valence-corrected chi connectivity index (χ4v) is 4.25. The number of hydrogen-bond acceptors (Lipinski definition) is 7. The molecule has 4 amide bonds. The minimum Gasteiger partial charge on any atom is -0.481 e. The average Bonchev–Trinajstić information content (AvgIpc) is 2.96. The highest BCUT2D eigenvalue weighted by atomic mass is 16.5. The lowest BCUT2D eigenvalue weighted by molar-refractivity contribution is -0.140. The summed E-state index contributed by atoms with van der Waals surface area (Å²) in [7, 11) is 0. The van der Waals surface area contributed by atoms with Crippen molar-refractivity contribution in [2.75, 3.05) is 0 Å². The molecule has 234 valence electrons. The molecule has 0 aliphatic carbocycles. The van der Waals surface area contributed by atoms with Crippen molar-refractivity contribution in [3.63, 3.8) is 0 Å². The maximum Gasteiger partial charge on any atom is 0.306 e. The number of amides is 4. The number of aliphatic hydroxyl groups excluding tert-OH is 1. The molecule has 0 bridgehead atoms. The van der Waals surface area contributed by atoms with Crippen molar-refractivity contribution in [3.8, 4) is 0 Å². The van der Waals surface area contributed by atoms with E-state index in [1.807, 2.05) is 30.3 Å². The number of ether oxygens (including phenoxy) is 1. The van der Waals surface area contributed by atoms with E-state index in [1.165, 1.54) is 0 Å². The van der Waals surface area contributed by atoms with Crippen molar-refractivity contribution < 1.29 is 38.9 Å². The quantitative estimate of drug-likeness (QED) is 0.146. The van der Waals surface area contributed by atoms with E-state index in [2.05, 4.69) is 16.0 Å². The number of carboxylic acids is 1. The molecule has 0 saturated heterocycles. The van der Waals surface area contributed by atoms with Crippen LogP contribution >= 0.6 is 0 Å². The Morgan fingerprint density at radius 2 is 1.40 bits per heavy atom. The second-order valence-corrected chi connectivity index (χ2v) is 10.7. The molecule has 2 rings (SSSR count). The first kappa shape index (κ1) is 34.9. The van der Waals surface area contributed by atoms with Gasteiger partial charge < -0.3 is 36.6 Å². The van der Waals surface area contributed by atoms with Crippen LogP contribution in [-0.2, 0) is 41.7 Å². The number of nitrogens with one attached hydrogen (secondary N) is 3. The van der Waals surface area contributed by atoms with Crippen LogP contribution in [0.25, 0.3) is 0 Å². The summed E-state index contributed by atoms with van der Waals surface area (Å²) in [6.45, 7) is 5.19. The molecule has 0 aliphatic rings. The van der Waals surface area contributed by atoms with Crippen LogP contribution in [0.5, 0.6) is 0 Å². The Morgan fingerprint density at radius 3 is 1.93 bits per heavy atom. The standard InChI is InChI=1S/C31H42N4O8/c1-19(2)28(35-29(40)20(3)43-18-22-12-8-5-9-13-22)31(42)33-23(14-15-26(32)37)30(41)34-24(25(36)17-27(38)39)16-21-10-6-4-7-11-21/h4-13,19-20,23-25,28,36H,14-18H2,1-3H3,(H2,32,37)(H,33,42)(H,34,41)(H,35,40)(H,38,39)/t20-,23-,24-,25-,28-/m0/s1. The van der Waals surface area contributed by atoms with E-state index < -0.39 is 66.4 Å². The summed E-state index contributed by atoms with van der Waals surface area (Å²) < 4.78 is 5.65. The fourth-order valence-electron chi connectivity index (χ4n) is 4.25. The Kier molecular flexibility index (Phi) is 14.3. The molecule has 2 aromatic rings. The zero-order chi connectivity index (χ0) is 31.9. The molecule has 12 heteroatoms. The first-order valence-electron chi connectivity index (χ1n) is 14.2. The summed E-state index contributed by atoms with van der Waals surface area (Å²) in [5.74, 6) is -4.27. The number of rotatable bonds is 18. The Balaban J connectivity index is 2.15. The SMILES string of the molecule is CC(C)[C@H](NC(=O)[C@H](C)OCc1ccccc1)C(=O)N[C@@H](CCC(N)=O)C(=O)N[C@@H](Cc1ccccc1)[C@@H](O)CC(=O)O. The van der Waals surface area contributed by atoms with Gasteiger partial charge in [0.15, 0.2) is 0 Å². The van der Waals surface area contributed by atoms with Gasteiger partial charge in [-0.15, -0.1) is 0 Å². The second-order valence-electron chi connectivity index (χ2n) is 10.7. The summed E-state index contributed by atoms with van der Waals surface area (Å²) in [5, 5.41) is 27.7. The highest BCUT2D eigenvalue weighted by Crippen LogP contribution is 2.12. The van der Waals surface area contributed by atoms with Crippen molar-refractivity contribution in [1.29, 1.82) is 0 Å². The highest BCUT2D eigenvalue weighted by molar-refractivity contribution is 5.93. The molecule has 2 aromatic carbocycles. The topological polar surface area (TPSA) is 197 Å². The van der Waals surface area contributed by atoms with E-state index in [9.17, 15) is 34.2 Å². The van der Waals surface area contributed by atoms with Gasteiger partial charge in [0.25, 0.3) is 0 Å². The Labute approximate surface area is 251 Å². The number of carbonyl (C=O) groups excluding carboxylic acids is 4. The van der Waals surface area contributed by atoms with Gasteiger partial charge in [-0.3, -0.25) is 24.0 Å². The number of aliphatic hydroxyl groups is 1. The Bertz CT molecular complexity index is 1210. The molecule has 0 unspecified atom stereocenters. The average molecular weight is 599 g/mol. The molecular weight excluding hydrogens is 556 g/mol. The third kappa shape index (κ3) is 12.6. The van der Waals surface area contributed by atoms with E-state index in [0.717, 1.165) is 11.1 Å². The lowest BCUT2D eigenvalue weighted by Gasteiger charge is -2.29. The molecule has 12 nitrogen and oxygen atoms in total. The molecule has 0 saturated carbocycles. The third-order valence-corrected chi connectivity index (χ3v) is 6.75. The normalized spacial score (nSPS) is 14.5. The second kappa shape index (κ2) is 17.6. The molecule has 43 heavy (non-hydrogen) atoms. The lowest BCUT2D eigenvalue weighted by atomic mass is 9.98. The molecular formula is C31H42N4O8. The first-order valence-corrected chi connectivity index (χ1v) is 14.2. The summed E-state index contributed by atoms with van der Waals surface area (Å²) in [6.07, 6.45) is -3.21. The van der Waals surface area contributed by atoms with Crippen LogP contribution < -0.4 is 21.7 Å². The van der Waals surface area contributed by atoms with E-state index in [1.54, 1.807) is 51.1 Å². The number of aliphatic carboxylic acids is 1. The van der Waals surface area contributed by atoms with Gasteiger partial charge in [0.05, 0.1) is 25.2 Å². The van der Waals surface area contributed by atoms with Gasteiger partial charge in [0.2, 0.25) is 23.6 Å². The summed E-state index contributed by atoms with van der Waals surface area (Å²) in [5.41, 5.74) is 6.91. The molecule has 0 aliphatic heterocycles. The molecule has 0 radical (unpaired) electrons. The van der Waals surface area contributed by atoms with Crippen LogP contribution in [0.4, 0.5) is 0 Å². The van der Waals surface area contributed by atoms with E-state index in [0.29, 0.717) is 0 Å². The molecule has 0 spiro atoms. The number of carbonyl (C=O) groups is 5. The van der Waals surface area contributed by atoms with E-state index in [4.69, 9.17) is 10.5 Å². The van der Waals surface area contributed by atoms with E-state index >= 15 is 0 Å². The predicted molar refractivity (Wildman–Crippen MR) is 158 cm³/mol. The third-order valence-electron chi connectivity index (χ3n) is 6.75. The van der Waals surface area contributed by atoms with Crippen LogP contribution in [0.15, 0.2) is 60.7 Å². The van der Waals surface area contributed by atoms with Gasteiger partial charge in [-0.1, -0.05) is 74.5 Å². The Hall–Kier alpha value is -4.29. The smallest absolute Gasteiger partial charge is 0.306 e. The molecule has 0 fully saturated rings. The van der Waals surface area contributed by atoms with Crippen molar-refractivity contribution in [2.45, 2.75) is 83.4 Å². The van der Waals surface area contributed by atoms with Crippen LogP contribution in [0.3, 0.4) is 0 Å². The van der Waals surface area contributed by atoms with Gasteiger partial charge in [-0.05, 0) is 36.8 Å². The van der Waals surface area contributed by atoms with Crippen molar-refractivity contribution in [2.24, 2.45) is 11.7 Å². The zero-order valence-electron chi connectivity index (χ0n) is 24.7. The van der Waals surface area contributed by atoms with Crippen LogP contribution in [0.2, 0.25) is 0 Å². The number of benzene rings is 2. The van der Waals surface area contributed by atoms with Crippen molar-refractivity contribution in [1.82, 2.24) is 16.0 Å². The summed E-state index contributed by atoms with van der Waals surface area (Å²) >= 11 is 0. The first-order chi connectivity index (χ1) is 20.4. The van der Waals surface area contributed by atoms with Gasteiger partial charge in [0, 0.05) is 6.42 Å². The van der Waals surface area contributed by atoms with E-state index in [-0.39, 0.29) is 31.8 Å². The summed E-state index contributed by atoms with van der Waals surface area (Å²) in [6, 6.07) is 14.8. The maximum absolute atomic E-state index is 13.4. The van der Waals surface area contributed by atoms with Gasteiger partial charge in [-0.2, -0.15) is 0 Å². The number of primary amides is 1. The maximum atomic E-state index is 13.4.